The van der Waals surface area contributed by atoms with E-state index in [0.717, 1.165) is 63.2 Å². The zero-order valence-corrected chi connectivity index (χ0v) is 38.0. The molecule has 1 aromatic carbocycles. The van der Waals surface area contributed by atoms with Crippen LogP contribution in [0.25, 0.3) is 0 Å². The van der Waals surface area contributed by atoms with Crippen LogP contribution in [-0.4, -0.2) is 122 Å². The van der Waals surface area contributed by atoms with Crippen LogP contribution in [0.1, 0.15) is 134 Å². The molecule has 350 valence electrons. The van der Waals surface area contributed by atoms with Crippen molar-refractivity contribution in [3.8, 4) is 0 Å². The number of amides is 4. The Kier molecular flexibility index (Phi) is 19.9. The van der Waals surface area contributed by atoms with E-state index >= 15 is 0 Å². The molecule has 4 amide bonds. The van der Waals surface area contributed by atoms with Gasteiger partial charge in [-0.2, -0.15) is 9.30 Å². The van der Waals surface area contributed by atoms with Crippen LogP contribution in [0.3, 0.4) is 0 Å². The van der Waals surface area contributed by atoms with Crippen LogP contribution in [0.4, 0.5) is 0 Å². The van der Waals surface area contributed by atoms with E-state index in [0.29, 0.717) is 76.4 Å². The van der Waals surface area contributed by atoms with E-state index in [1.807, 2.05) is 30.3 Å². The molecule has 3 N–H and O–H groups in total. The van der Waals surface area contributed by atoms with Crippen molar-refractivity contribution in [2.75, 3.05) is 45.6 Å². The molecule has 16 nitrogen and oxygen atoms in total. The monoisotopic (exact) mass is 898 g/mol. The van der Waals surface area contributed by atoms with Crippen LogP contribution in [0.5, 0.6) is 0 Å². The first-order valence-electron chi connectivity index (χ1n) is 23.3. The van der Waals surface area contributed by atoms with Gasteiger partial charge in [-0.05, 0) is 93.9 Å². The minimum Gasteiger partial charge on any atom is -0.466 e. The maximum atomic E-state index is 14.2. The van der Waals surface area contributed by atoms with Crippen LogP contribution in [-0.2, 0) is 54.7 Å². The Morgan fingerprint density at radius 3 is 1.89 bits per heavy atom. The highest BCUT2D eigenvalue weighted by molar-refractivity contribution is 7.88. The highest BCUT2D eigenvalue weighted by atomic mass is 32.2. The minimum absolute atomic E-state index is 0.00271. The molecule has 0 spiro atoms. The zero-order valence-electron chi connectivity index (χ0n) is 37.2. The van der Waals surface area contributed by atoms with Crippen LogP contribution in [0.2, 0.25) is 0 Å². The molecule has 2 aliphatic carbocycles. The van der Waals surface area contributed by atoms with Gasteiger partial charge in [0.05, 0.1) is 19.5 Å². The van der Waals surface area contributed by atoms with Crippen LogP contribution in [0, 0.1) is 17.8 Å². The number of likely N-dealkylation sites (tertiary alicyclic amines) is 2. The number of aliphatic imine (C=N–C) groups is 1. The van der Waals surface area contributed by atoms with Crippen molar-refractivity contribution in [3.63, 3.8) is 0 Å². The zero-order chi connectivity index (χ0) is 45.2. The minimum atomic E-state index is -3.94. The number of ether oxygens (including phenoxy) is 2. The fraction of sp³-hybridized carbons (Fsp3) is 0.717. The van der Waals surface area contributed by atoms with Crippen molar-refractivity contribution in [2.45, 2.75) is 147 Å². The number of primary amides is 1. The fourth-order valence-corrected chi connectivity index (χ4v) is 10.6. The Bertz CT molecular complexity index is 1820. The third-order valence-corrected chi connectivity index (χ3v) is 14.3. The maximum Gasteiger partial charge on any atom is 0.306 e. The van der Waals surface area contributed by atoms with Crippen molar-refractivity contribution < 1.29 is 46.7 Å². The van der Waals surface area contributed by atoms with Crippen molar-refractivity contribution in [1.82, 2.24) is 19.4 Å². The summed E-state index contributed by atoms with van der Waals surface area (Å²) < 4.78 is 39.2. The van der Waals surface area contributed by atoms with Crippen LogP contribution in [0.15, 0.2) is 35.3 Å². The number of sulfonamides is 1. The van der Waals surface area contributed by atoms with Gasteiger partial charge in [0.1, 0.15) is 12.1 Å². The summed E-state index contributed by atoms with van der Waals surface area (Å²) >= 11 is 0. The van der Waals surface area contributed by atoms with Gasteiger partial charge in [-0.1, -0.05) is 68.9 Å². The lowest BCUT2D eigenvalue weighted by Crippen LogP contribution is -2.56. The summed E-state index contributed by atoms with van der Waals surface area (Å²) in [4.78, 5) is 85.3. The maximum absolute atomic E-state index is 14.2. The SMILES string of the molecule is CS(=O)(=O)N(CC1CCN(C(=NC(=O)CCCOC(=O)CC2CCCCC2)NC(=O)CCCOC(=O)CC2CCCCC2)CC1)[C@H](Cc1ccccc1)C(=O)N1CCC[C@H]1C(N)=O. The number of hydrogen-bond acceptors (Lipinski definition) is 10. The molecule has 2 saturated heterocycles. The van der Waals surface area contributed by atoms with Gasteiger partial charge in [0, 0.05) is 51.9 Å². The smallest absolute Gasteiger partial charge is 0.306 e. The third-order valence-electron chi connectivity index (χ3n) is 13.0. The molecule has 0 aromatic heterocycles. The quantitative estimate of drug-likeness (QED) is 0.0796. The summed E-state index contributed by atoms with van der Waals surface area (Å²) in [6.45, 7) is 1.20. The van der Waals surface area contributed by atoms with Gasteiger partial charge in [0.25, 0.3) is 0 Å². The molecule has 4 aliphatic rings. The number of rotatable bonds is 20. The normalized spacial score (nSPS) is 20.0. The molecular weight excluding hydrogens is 829 g/mol. The Hall–Kier alpha value is -4.38. The summed E-state index contributed by atoms with van der Waals surface area (Å²) in [7, 11) is -3.94. The first-order chi connectivity index (χ1) is 30.3. The topological polar surface area (TPSA) is 215 Å². The molecule has 0 unspecified atom stereocenters. The number of carbonyl (C=O) groups is 6. The van der Waals surface area contributed by atoms with Gasteiger partial charge >= 0.3 is 11.9 Å². The molecule has 4 fully saturated rings. The van der Waals surface area contributed by atoms with E-state index < -0.39 is 45.7 Å². The summed E-state index contributed by atoms with van der Waals surface area (Å²) in [6.07, 6.45) is 15.5. The summed E-state index contributed by atoms with van der Waals surface area (Å²) in [5, 5.41) is 2.81. The van der Waals surface area contributed by atoms with E-state index in [2.05, 4.69) is 10.3 Å². The Morgan fingerprint density at radius 2 is 1.33 bits per heavy atom. The molecule has 2 atom stereocenters. The Labute approximate surface area is 373 Å². The van der Waals surface area contributed by atoms with Gasteiger partial charge in [0.15, 0.2) is 0 Å². The van der Waals surface area contributed by atoms with Gasteiger partial charge in [0.2, 0.25) is 39.6 Å². The van der Waals surface area contributed by atoms with Gasteiger partial charge < -0.3 is 25.0 Å². The molecule has 63 heavy (non-hydrogen) atoms. The molecule has 1 aromatic rings. The molecule has 2 aliphatic heterocycles. The summed E-state index contributed by atoms with van der Waals surface area (Å²) in [6, 6.07) is 7.24. The first-order valence-corrected chi connectivity index (χ1v) is 25.2. The molecule has 2 saturated carbocycles. The number of guanidine groups is 1. The number of piperidine rings is 1. The van der Waals surface area contributed by atoms with Crippen molar-refractivity contribution in [2.24, 2.45) is 28.5 Å². The second-order valence-corrected chi connectivity index (χ2v) is 19.9. The Morgan fingerprint density at radius 1 is 0.762 bits per heavy atom. The number of nitrogens with one attached hydrogen (secondary N) is 1. The predicted octanol–water partition coefficient (Wildman–Crippen LogP) is 4.63. The van der Waals surface area contributed by atoms with E-state index in [1.165, 1.54) is 22.0 Å². The van der Waals surface area contributed by atoms with Crippen molar-refractivity contribution in [3.05, 3.63) is 35.9 Å². The average molecular weight is 899 g/mol. The fourth-order valence-electron chi connectivity index (χ4n) is 9.48. The van der Waals surface area contributed by atoms with E-state index in [-0.39, 0.29) is 69.3 Å². The highest BCUT2D eigenvalue weighted by Gasteiger charge is 2.42. The van der Waals surface area contributed by atoms with E-state index in [9.17, 15) is 37.2 Å². The second-order valence-electron chi connectivity index (χ2n) is 18.0. The number of benzene rings is 1. The van der Waals surface area contributed by atoms with E-state index in [4.69, 9.17) is 15.2 Å². The van der Waals surface area contributed by atoms with Crippen molar-refractivity contribution >= 4 is 51.6 Å². The van der Waals surface area contributed by atoms with Gasteiger partial charge in [-0.3, -0.25) is 34.1 Å². The second kappa shape index (κ2) is 25.2. The molecule has 0 bridgehead atoms. The largest absolute Gasteiger partial charge is 0.466 e. The number of hydrogen-bond donors (Lipinski definition) is 2. The average Bonchev–Trinajstić information content (AvgIpc) is 3.77. The Balaban J connectivity index is 1.21. The molecular formula is C46H70N6O10S. The number of esters is 2. The van der Waals surface area contributed by atoms with Crippen LogP contribution < -0.4 is 11.1 Å². The highest BCUT2D eigenvalue weighted by Crippen LogP contribution is 2.29. The lowest BCUT2D eigenvalue weighted by Gasteiger charge is -2.38. The standard InChI is InChI=1S/C46H70N6O10S/c1-63(59,60)52(39(30-34-14-5-2-6-15-34)45(58)51-25-11-20-38(51)44(47)57)33-37-23-26-50(27-24-37)46(48-40(53)21-12-28-61-42(55)31-35-16-7-3-8-17-35)49-41(54)22-13-29-62-43(56)32-36-18-9-4-10-19-36/h2,5-6,14-15,35-39H,3-4,7-13,16-33H2,1H3,(H2,47,57)(H,48,49,53,54)/t38-,39+/m0/s1. The molecule has 2 heterocycles. The summed E-state index contributed by atoms with van der Waals surface area (Å²) in [5.41, 5.74) is 6.43. The lowest BCUT2D eigenvalue weighted by molar-refractivity contribution is -0.146. The summed E-state index contributed by atoms with van der Waals surface area (Å²) in [5.74, 6) is -1.90. The van der Waals surface area contributed by atoms with Crippen LogP contribution >= 0.6 is 0 Å². The number of nitrogens with two attached hydrogens (primary N) is 1. The number of carbonyl (C=O) groups excluding carboxylic acids is 6. The van der Waals surface area contributed by atoms with Gasteiger partial charge in [-0.25, -0.2) is 8.42 Å². The molecule has 17 heteroatoms. The molecule has 0 radical (unpaired) electrons. The van der Waals surface area contributed by atoms with E-state index in [1.54, 1.807) is 4.90 Å². The third kappa shape index (κ3) is 16.6. The van der Waals surface area contributed by atoms with Gasteiger partial charge in [-0.15, -0.1) is 0 Å². The van der Waals surface area contributed by atoms with Crippen molar-refractivity contribution in [1.29, 1.82) is 0 Å². The number of nitrogens with zero attached hydrogens (tertiary/aromatic N) is 4. The predicted molar refractivity (Wildman–Crippen MR) is 237 cm³/mol. The first kappa shape index (κ1) is 49.6. The molecule has 5 rings (SSSR count). The lowest BCUT2D eigenvalue weighted by atomic mass is 9.87.